The van der Waals surface area contributed by atoms with Gasteiger partial charge in [0.15, 0.2) is 6.61 Å². The zero-order chi connectivity index (χ0) is 34.6. The second kappa shape index (κ2) is 15.8. The quantitative estimate of drug-likeness (QED) is 0.0991. The van der Waals surface area contributed by atoms with Crippen LogP contribution in [0.15, 0.2) is 16.8 Å². The molecule has 0 aromatic rings. The van der Waals surface area contributed by atoms with Gasteiger partial charge in [-0.3, -0.25) is 14.4 Å². The van der Waals surface area contributed by atoms with E-state index in [1.807, 2.05) is 11.8 Å². The molecule has 5 fully saturated rings. The first-order valence-corrected chi connectivity index (χ1v) is 20.3. The van der Waals surface area contributed by atoms with Gasteiger partial charge in [-0.25, -0.2) is 4.79 Å². The molecule has 9 atom stereocenters. The third-order valence-corrected chi connectivity index (χ3v) is 14.9. The number of Topliss-reactive ketones (excluding diaryl/α,β-unsaturated/α-hetero) is 1. The van der Waals surface area contributed by atoms with Crippen LogP contribution in [0.2, 0.25) is 0 Å². The number of nitrogens with one attached hydrogen (secondary N) is 4. The summed E-state index contributed by atoms with van der Waals surface area (Å²) in [7, 11) is 0. The van der Waals surface area contributed by atoms with E-state index in [4.69, 9.17) is 4.84 Å². The third-order valence-electron chi connectivity index (χ3n) is 13.4. The summed E-state index contributed by atoms with van der Waals surface area (Å²) >= 11 is 1.91. The molecule has 4 N–H and O–H groups in total. The van der Waals surface area contributed by atoms with Crippen LogP contribution in [-0.4, -0.2) is 72.1 Å². The maximum atomic E-state index is 12.4. The van der Waals surface area contributed by atoms with E-state index >= 15 is 0 Å². The van der Waals surface area contributed by atoms with Gasteiger partial charge < -0.3 is 26.1 Å². The van der Waals surface area contributed by atoms with Crippen LogP contribution in [0.3, 0.4) is 0 Å². The van der Waals surface area contributed by atoms with Crippen molar-refractivity contribution in [3.8, 4) is 0 Å². The number of ketones is 1. The molecule has 6 rings (SSSR count). The molecule has 3 saturated carbocycles. The van der Waals surface area contributed by atoms with Gasteiger partial charge in [-0.15, -0.1) is 0 Å². The van der Waals surface area contributed by atoms with Crippen molar-refractivity contribution in [3.63, 3.8) is 0 Å². The maximum absolute atomic E-state index is 12.4. The van der Waals surface area contributed by atoms with Crippen LogP contribution in [-0.2, 0) is 19.2 Å². The van der Waals surface area contributed by atoms with E-state index in [1.54, 1.807) is 6.92 Å². The number of oxime groups is 1. The Morgan fingerprint density at radius 3 is 2.53 bits per heavy atom. The van der Waals surface area contributed by atoms with E-state index in [-0.39, 0.29) is 53.3 Å². The van der Waals surface area contributed by atoms with Crippen molar-refractivity contribution in [2.75, 3.05) is 25.4 Å². The van der Waals surface area contributed by atoms with E-state index < -0.39 is 0 Å². The van der Waals surface area contributed by atoms with E-state index in [1.165, 1.54) is 31.3 Å². The highest BCUT2D eigenvalue weighted by Crippen LogP contribution is 2.66. The lowest BCUT2D eigenvalue weighted by Crippen LogP contribution is -2.51. The molecule has 0 bridgehead atoms. The molecule has 6 aliphatic rings. The number of carbonyl (C=O) groups is 4. The Bertz CT molecular complexity index is 1320. The van der Waals surface area contributed by atoms with Crippen molar-refractivity contribution in [1.29, 1.82) is 0 Å². The molecule has 10 nitrogen and oxygen atoms in total. The molecule has 4 aliphatic carbocycles. The largest absolute Gasteiger partial charge is 0.385 e. The van der Waals surface area contributed by atoms with Crippen molar-refractivity contribution in [2.45, 2.75) is 134 Å². The number of thioether (sulfide) groups is 1. The molecule has 0 spiro atoms. The minimum Gasteiger partial charge on any atom is -0.385 e. The first-order chi connectivity index (χ1) is 23.6. The number of allylic oxidation sites excluding steroid dienone is 2. The smallest absolute Gasteiger partial charge is 0.315 e. The van der Waals surface area contributed by atoms with E-state index in [2.05, 4.69) is 46.3 Å². The van der Waals surface area contributed by atoms with E-state index in [0.29, 0.717) is 42.4 Å². The maximum Gasteiger partial charge on any atom is 0.315 e. The summed E-state index contributed by atoms with van der Waals surface area (Å²) in [6.45, 7) is 7.85. The highest BCUT2D eigenvalue weighted by Gasteiger charge is 2.59. The lowest BCUT2D eigenvalue weighted by molar-refractivity contribution is -0.128. The fraction of sp³-hybridized carbons (Fsp3) is 0.816. The Labute approximate surface area is 296 Å². The predicted octanol–water partition coefficient (Wildman–Crippen LogP) is 5.66. The molecule has 0 unspecified atom stereocenters. The Kier molecular flexibility index (Phi) is 11.7. The van der Waals surface area contributed by atoms with Gasteiger partial charge in [0.05, 0.1) is 17.8 Å². The summed E-state index contributed by atoms with van der Waals surface area (Å²) in [6, 6.07) is 0.424. The first-order valence-electron chi connectivity index (χ1n) is 19.2. The second-order valence-corrected chi connectivity index (χ2v) is 17.5. The number of hydrogen-bond acceptors (Lipinski definition) is 7. The third kappa shape index (κ3) is 8.01. The number of nitrogens with zero attached hydrogens (tertiary/aromatic N) is 1. The van der Waals surface area contributed by atoms with Crippen molar-refractivity contribution in [2.24, 2.45) is 39.7 Å². The molecule has 0 aromatic carbocycles. The molecule has 4 amide bonds. The number of fused-ring (bicyclic) bond motifs is 6. The normalized spacial score (nSPS) is 36.8. The molecule has 2 saturated heterocycles. The number of amides is 4. The average molecular weight is 698 g/mol. The van der Waals surface area contributed by atoms with Gasteiger partial charge in [-0.1, -0.05) is 31.0 Å². The summed E-state index contributed by atoms with van der Waals surface area (Å²) in [4.78, 5) is 54.0. The number of carbonyl (C=O) groups excluding carboxylic acids is 4. The molecular weight excluding hydrogens is 639 g/mol. The standard InChI is InChI=1S/C38H59N5O5S/c1-24(44)28-13-14-29-27-12-11-25-21-26(15-17-37(25,2)30(27)16-18-38(28,29)3)43-48-22-34(46)40-20-8-4-7-19-39-33(45)10-6-5-9-32-35-31(23-49-32)41-36(47)42-35/h21,27-32,35H,4-20,22-23H2,1-3H3,(H,39,45)(H,40,46)(H2,41,42,47)/b43-26-/t27-,28+,29-,30-,31+,32+,35-,37+,38-/m1/s1. The minimum absolute atomic E-state index is 0.0538. The zero-order valence-electron chi connectivity index (χ0n) is 30.0. The van der Waals surface area contributed by atoms with Crippen LogP contribution in [0, 0.1) is 34.5 Å². The van der Waals surface area contributed by atoms with Crippen LogP contribution in [0.25, 0.3) is 0 Å². The van der Waals surface area contributed by atoms with Crippen LogP contribution < -0.4 is 21.3 Å². The van der Waals surface area contributed by atoms with Crippen molar-refractivity contribution in [1.82, 2.24) is 21.3 Å². The predicted molar refractivity (Wildman–Crippen MR) is 193 cm³/mol. The van der Waals surface area contributed by atoms with Gasteiger partial charge in [-0.2, -0.15) is 11.8 Å². The molecule has 2 aliphatic heterocycles. The van der Waals surface area contributed by atoms with Crippen LogP contribution >= 0.6 is 11.8 Å². The highest BCUT2D eigenvalue weighted by molar-refractivity contribution is 8.00. The number of rotatable bonds is 15. The fourth-order valence-corrected chi connectivity index (χ4v) is 12.3. The molecule has 272 valence electrons. The summed E-state index contributed by atoms with van der Waals surface area (Å²) in [5.41, 5.74) is 2.84. The molecular formula is C38H59N5O5S. The van der Waals surface area contributed by atoms with E-state index in [0.717, 1.165) is 81.6 Å². The number of urea groups is 1. The van der Waals surface area contributed by atoms with Gasteiger partial charge in [0.2, 0.25) is 5.91 Å². The monoisotopic (exact) mass is 697 g/mol. The second-order valence-electron chi connectivity index (χ2n) is 16.3. The first kappa shape index (κ1) is 36.2. The summed E-state index contributed by atoms with van der Waals surface area (Å²) in [5.74, 6) is 3.63. The van der Waals surface area contributed by atoms with Crippen molar-refractivity contribution >= 4 is 41.1 Å². The van der Waals surface area contributed by atoms with Gasteiger partial charge in [0.1, 0.15) is 5.78 Å². The molecule has 11 heteroatoms. The summed E-state index contributed by atoms with van der Waals surface area (Å²) in [5, 5.41) is 16.7. The summed E-state index contributed by atoms with van der Waals surface area (Å²) in [6.07, 6.45) is 17.3. The number of hydrogen-bond donors (Lipinski definition) is 4. The van der Waals surface area contributed by atoms with Crippen LogP contribution in [0.4, 0.5) is 4.79 Å². The summed E-state index contributed by atoms with van der Waals surface area (Å²) < 4.78 is 0. The Balaban J connectivity index is 0.810. The van der Waals surface area contributed by atoms with Gasteiger partial charge in [0.25, 0.3) is 5.91 Å². The Morgan fingerprint density at radius 1 is 0.939 bits per heavy atom. The zero-order valence-corrected chi connectivity index (χ0v) is 30.8. The SMILES string of the molecule is CC(=O)[C@@H]1CC[C@@H]2[C@H]3CCC4=C/C(=N\OCC(=O)NCCCCCNC(=O)CCCC[C@@H]5SC[C@@H]6NC(=O)N[C@H]65)CC[C@]4(C)[C@@H]3CC[C@@]21C. The Morgan fingerprint density at radius 2 is 1.73 bits per heavy atom. The molecule has 2 heterocycles. The molecule has 0 radical (unpaired) electrons. The van der Waals surface area contributed by atoms with Crippen molar-refractivity contribution in [3.05, 3.63) is 11.6 Å². The van der Waals surface area contributed by atoms with Crippen molar-refractivity contribution < 1.29 is 24.0 Å². The van der Waals surface area contributed by atoms with Gasteiger partial charge >= 0.3 is 6.03 Å². The lowest BCUT2D eigenvalue weighted by atomic mass is 9.46. The highest BCUT2D eigenvalue weighted by atomic mass is 32.2. The topological polar surface area (TPSA) is 138 Å². The minimum atomic E-state index is -0.157. The van der Waals surface area contributed by atoms with Gasteiger partial charge in [0, 0.05) is 36.4 Å². The van der Waals surface area contributed by atoms with Crippen LogP contribution in [0.5, 0.6) is 0 Å². The van der Waals surface area contributed by atoms with Gasteiger partial charge in [-0.05, 0) is 125 Å². The molecule has 0 aromatic heterocycles. The molecule has 49 heavy (non-hydrogen) atoms. The fourth-order valence-electron chi connectivity index (χ4n) is 10.8. The van der Waals surface area contributed by atoms with Crippen LogP contribution in [0.1, 0.15) is 117 Å². The van der Waals surface area contributed by atoms with E-state index in [9.17, 15) is 19.2 Å². The average Bonchev–Trinajstić information content (AvgIpc) is 3.74. The Hall–Kier alpha value is -2.56. The lowest BCUT2D eigenvalue weighted by Gasteiger charge is -2.58. The number of unbranched alkanes of at least 4 members (excludes halogenated alkanes) is 3.